The number of allylic oxidation sites excluding steroid dienone is 2. The third kappa shape index (κ3) is 3.19. The van der Waals surface area contributed by atoms with Gasteiger partial charge in [0.25, 0.3) is 0 Å². The van der Waals surface area contributed by atoms with Gasteiger partial charge in [0.15, 0.2) is 0 Å². The lowest BCUT2D eigenvalue weighted by Crippen LogP contribution is -2.02. The molecule has 2 aromatic carbocycles. The van der Waals surface area contributed by atoms with Crippen LogP contribution in [-0.2, 0) is 6.61 Å². The molecule has 0 amide bonds. The van der Waals surface area contributed by atoms with Gasteiger partial charge in [-0.15, -0.1) is 0 Å². The average molecular weight is 409 g/mol. The highest BCUT2D eigenvalue weighted by Crippen LogP contribution is 2.43. The van der Waals surface area contributed by atoms with Crippen molar-refractivity contribution in [3.8, 4) is 5.75 Å². The van der Waals surface area contributed by atoms with E-state index >= 15 is 0 Å². The van der Waals surface area contributed by atoms with Crippen LogP contribution in [0.4, 0.5) is 5.69 Å². The summed E-state index contributed by atoms with van der Waals surface area (Å²) in [4.78, 5) is 4.61. The Morgan fingerprint density at radius 1 is 1.16 bits per heavy atom. The summed E-state index contributed by atoms with van der Waals surface area (Å²) in [5.74, 6) is 0.811. The maximum absolute atomic E-state index is 6.27. The van der Waals surface area contributed by atoms with Crippen LogP contribution in [0.3, 0.4) is 0 Å². The van der Waals surface area contributed by atoms with Gasteiger partial charge in [0, 0.05) is 46.1 Å². The van der Waals surface area contributed by atoms with Crippen molar-refractivity contribution in [1.29, 1.82) is 0 Å². The molecule has 4 aromatic rings. The molecule has 0 spiro atoms. The molecule has 5 nitrogen and oxygen atoms in total. The van der Waals surface area contributed by atoms with Crippen molar-refractivity contribution in [1.82, 2.24) is 14.8 Å². The van der Waals surface area contributed by atoms with Gasteiger partial charge >= 0.3 is 0 Å². The van der Waals surface area contributed by atoms with Crippen molar-refractivity contribution in [2.75, 3.05) is 5.73 Å². The molecule has 0 fully saturated rings. The number of nitrogen functional groups attached to an aromatic ring is 1. The molecule has 0 bridgehead atoms. The smallest absolute Gasteiger partial charge is 0.131 e. The number of aromatic nitrogens is 3. The highest BCUT2D eigenvalue weighted by molar-refractivity contribution is 6.05. The SMILES string of the molecule is C=CC(=C1c2cc3cnn(C(C)C)c3cc2OCc2ncccc21)c1cccc(N)c1. The van der Waals surface area contributed by atoms with Gasteiger partial charge in [-0.1, -0.05) is 30.9 Å². The van der Waals surface area contributed by atoms with Crippen molar-refractivity contribution in [2.24, 2.45) is 0 Å². The van der Waals surface area contributed by atoms with E-state index < -0.39 is 0 Å². The van der Waals surface area contributed by atoms with Gasteiger partial charge in [0.1, 0.15) is 12.4 Å². The van der Waals surface area contributed by atoms with Crippen LogP contribution in [0, 0.1) is 0 Å². The normalized spacial score (nSPS) is 14.5. The second kappa shape index (κ2) is 7.43. The van der Waals surface area contributed by atoms with Crippen LogP contribution in [0.2, 0.25) is 0 Å². The van der Waals surface area contributed by atoms with Gasteiger partial charge in [-0.3, -0.25) is 9.67 Å². The van der Waals surface area contributed by atoms with Crippen molar-refractivity contribution >= 4 is 27.7 Å². The maximum atomic E-state index is 6.27. The Balaban J connectivity index is 1.87. The predicted molar refractivity (Wildman–Crippen MR) is 126 cm³/mol. The lowest BCUT2D eigenvalue weighted by molar-refractivity contribution is 0.302. The first-order valence-corrected chi connectivity index (χ1v) is 10.4. The summed E-state index contributed by atoms with van der Waals surface area (Å²) in [6.07, 6.45) is 5.60. The Kier molecular flexibility index (Phi) is 4.59. The number of pyridine rings is 1. The molecule has 154 valence electrons. The third-order valence-electron chi connectivity index (χ3n) is 5.65. The lowest BCUT2D eigenvalue weighted by Gasteiger charge is -2.16. The van der Waals surface area contributed by atoms with E-state index in [2.05, 4.69) is 54.8 Å². The molecule has 0 radical (unpaired) electrons. The predicted octanol–water partition coefficient (Wildman–Crippen LogP) is 5.63. The zero-order valence-corrected chi connectivity index (χ0v) is 17.7. The molecule has 2 aromatic heterocycles. The van der Waals surface area contributed by atoms with E-state index in [9.17, 15) is 0 Å². The second-order valence-electron chi connectivity index (χ2n) is 7.99. The summed E-state index contributed by atoms with van der Waals surface area (Å²) in [6.45, 7) is 8.78. The second-order valence-corrected chi connectivity index (χ2v) is 7.99. The Morgan fingerprint density at radius 2 is 2.03 bits per heavy atom. The summed E-state index contributed by atoms with van der Waals surface area (Å²) >= 11 is 0. The number of nitrogens with zero attached hydrogens (tertiary/aromatic N) is 3. The fourth-order valence-electron chi connectivity index (χ4n) is 4.23. The molecule has 2 N–H and O–H groups in total. The first kappa shape index (κ1) is 19.1. The van der Waals surface area contributed by atoms with E-state index in [-0.39, 0.29) is 6.04 Å². The van der Waals surface area contributed by atoms with Crippen LogP contribution >= 0.6 is 0 Å². The number of benzene rings is 2. The first-order chi connectivity index (χ1) is 15.1. The van der Waals surface area contributed by atoms with Crippen molar-refractivity contribution in [3.63, 3.8) is 0 Å². The Bertz CT molecular complexity index is 1350. The summed E-state index contributed by atoms with van der Waals surface area (Å²) in [5, 5.41) is 5.66. The van der Waals surface area contributed by atoms with Gasteiger partial charge in [-0.25, -0.2) is 0 Å². The monoisotopic (exact) mass is 408 g/mol. The molecule has 0 saturated carbocycles. The highest BCUT2D eigenvalue weighted by atomic mass is 16.5. The van der Waals surface area contributed by atoms with Gasteiger partial charge in [0.2, 0.25) is 0 Å². The fraction of sp³-hybridized carbons (Fsp3) is 0.154. The topological polar surface area (TPSA) is 66.0 Å². The van der Waals surface area contributed by atoms with Crippen molar-refractivity contribution in [3.05, 3.63) is 96.0 Å². The van der Waals surface area contributed by atoms with Crippen LogP contribution in [0.25, 0.3) is 22.0 Å². The lowest BCUT2D eigenvalue weighted by atomic mass is 9.88. The molecule has 31 heavy (non-hydrogen) atoms. The van der Waals surface area contributed by atoms with Crippen LogP contribution < -0.4 is 10.5 Å². The van der Waals surface area contributed by atoms with Crippen LogP contribution in [0.1, 0.15) is 42.3 Å². The number of fused-ring (bicyclic) bond motifs is 3. The summed E-state index contributed by atoms with van der Waals surface area (Å²) in [7, 11) is 0. The summed E-state index contributed by atoms with van der Waals surface area (Å²) in [5.41, 5.74) is 13.8. The quantitative estimate of drug-likeness (QED) is 0.446. The van der Waals surface area contributed by atoms with E-state index in [4.69, 9.17) is 10.5 Å². The number of hydrogen-bond acceptors (Lipinski definition) is 4. The maximum Gasteiger partial charge on any atom is 0.131 e. The summed E-state index contributed by atoms with van der Waals surface area (Å²) in [6, 6.07) is 16.4. The van der Waals surface area contributed by atoms with Crippen molar-refractivity contribution < 1.29 is 4.74 Å². The van der Waals surface area contributed by atoms with Gasteiger partial charge in [0.05, 0.1) is 17.4 Å². The molecule has 0 unspecified atom stereocenters. The largest absolute Gasteiger partial charge is 0.487 e. The minimum atomic E-state index is 0.256. The van der Waals surface area contributed by atoms with E-state index in [1.54, 1.807) is 6.20 Å². The van der Waals surface area contributed by atoms with Gasteiger partial charge < -0.3 is 10.5 Å². The molecule has 5 heteroatoms. The molecular weight excluding hydrogens is 384 g/mol. The molecule has 1 aliphatic heterocycles. The molecule has 0 saturated heterocycles. The van der Waals surface area contributed by atoms with E-state index in [0.717, 1.165) is 50.2 Å². The Hall–Kier alpha value is -3.86. The molecule has 0 atom stereocenters. The number of nitrogens with two attached hydrogens (primary N) is 1. The number of anilines is 1. The van der Waals surface area contributed by atoms with Gasteiger partial charge in [-0.05, 0) is 49.2 Å². The molecule has 5 rings (SSSR count). The third-order valence-corrected chi connectivity index (χ3v) is 5.65. The number of ether oxygens (including phenoxy) is 1. The Morgan fingerprint density at radius 3 is 2.81 bits per heavy atom. The van der Waals surface area contributed by atoms with Crippen LogP contribution in [0.5, 0.6) is 5.75 Å². The standard InChI is InChI=1S/C26H24N4O/c1-4-20(17-7-5-8-19(27)11-17)26-21-9-6-10-28-23(21)15-31-25-13-24-18(12-22(25)26)14-29-30(24)16(2)3/h4-14,16H,1,15,27H2,2-3H3. The first-order valence-electron chi connectivity index (χ1n) is 10.4. The minimum absolute atomic E-state index is 0.256. The molecular formula is C26H24N4O. The van der Waals surface area contributed by atoms with Gasteiger partial charge in [-0.2, -0.15) is 5.10 Å². The van der Waals surface area contributed by atoms with E-state index in [1.807, 2.05) is 41.2 Å². The van der Waals surface area contributed by atoms with Crippen LogP contribution in [-0.4, -0.2) is 14.8 Å². The number of hydrogen-bond donors (Lipinski definition) is 1. The highest BCUT2D eigenvalue weighted by Gasteiger charge is 2.24. The van der Waals surface area contributed by atoms with Crippen LogP contribution in [0.15, 0.2) is 73.6 Å². The minimum Gasteiger partial charge on any atom is -0.487 e. The van der Waals surface area contributed by atoms with E-state index in [0.29, 0.717) is 12.3 Å². The van der Waals surface area contributed by atoms with E-state index in [1.165, 1.54) is 0 Å². The Labute approximate surface area is 181 Å². The zero-order valence-electron chi connectivity index (χ0n) is 17.7. The zero-order chi connectivity index (χ0) is 21.5. The number of rotatable bonds is 3. The molecule has 1 aliphatic rings. The molecule has 0 aliphatic carbocycles. The molecule has 3 heterocycles. The fourth-order valence-corrected chi connectivity index (χ4v) is 4.23. The summed E-state index contributed by atoms with van der Waals surface area (Å²) < 4.78 is 8.29. The van der Waals surface area contributed by atoms with Crippen molar-refractivity contribution in [2.45, 2.75) is 26.5 Å². The average Bonchev–Trinajstić information content (AvgIpc) is 3.12.